The zero-order valence-corrected chi connectivity index (χ0v) is 15.3. The molecule has 0 radical (unpaired) electrons. The van der Waals surface area contributed by atoms with E-state index in [9.17, 15) is 9.59 Å². The Morgan fingerprint density at radius 3 is 2.24 bits per heavy atom. The number of hydrogen-bond acceptors (Lipinski definition) is 3. The van der Waals surface area contributed by atoms with Crippen LogP contribution in [0.25, 0.3) is 0 Å². The second-order valence-corrected chi connectivity index (χ2v) is 7.44. The first-order chi connectivity index (χ1) is 12.0. The van der Waals surface area contributed by atoms with Crippen molar-refractivity contribution in [3.63, 3.8) is 0 Å². The third-order valence-electron chi connectivity index (χ3n) is 4.19. The Kier molecular flexibility index (Phi) is 5.43. The van der Waals surface area contributed by atoms with Crippen molar-refractivity contribution >= 4 is 35.0 Å². The maximum atomic E-state index is 12.2. The summed E-state index contributed by atoms with van der Waals surface area (Å²) < 4.78 is 0. The lowest BCUT2D eigenvalue weighted by atomic mass is 10.1. The molecule has 0 atom stereocenters. The van der Waals surface area contributed by atoms with Crippen molar-refractivity contribution in [2.75, 3.05) is 16.4 Å². The fraction of sp³-hybridized carbons (Fsp3) is 0.300. The van der Waals surface area contributed by atoms with Crippen LogP contribution in [0.3, 0.4) is 0 Å². The molecule has 1 saturated carbocycles. The molecule has 2 aromatic carbocycles. The molecular formula is C20H22N2O2S. The van der Waals surface area contributed by atoms with Crippen LogP contribution in [-0.2, 0) is 9.59 Å². The Labute approximate surface area is 152 Å². The van der Waals surface area contributed by atoms with Crippen molar-refractivity contribution in [3.05, 3.63) is 53.6 Å². The summed E-state index contributed by atoms with van der Waals surface area (Å²) in [5.41, 5.74) is 3.83. The van der Waals surface area contributed by atoms with Gasteiger partial charge in [-0.1, -0.05) is 18.2 Å². The minimum absolute atomic E-state index is 0.0199. The minimum Gasteiger partial charge on any atom is -0.326 e. The number of rotatable bonds is 6. The van der Waals surface area contributed by atoms with Gasteiger partial charge in [-0.2, -0.15) is 0 Å². The Morgan fingerprint density at radius 1 is 1.00 bits per heavy atom. The summed E-state index contributed by atoms with van der Waals surface area (Å²) in [5.74, 6) is 0.631. The average Bonchev–Trinajstić information content (AvgIpc) is 3.43. The molecule has 2 aromatic rings. The van der Waals surface area contributed by atoms with Gasteiger partial charge in [0.25, 0.3) is 0 Å². The molecule has 1 aliphatic rings. The van der Waals surface area contributed by atoms with Gasteiger partial charge in [0.05, 0.1) is 5.75 Å². The van der Waals surface area contributed by atoms with Crippen LogP contribution in [0, 0.1) is 19.8 Å². The molecule has 1 fully saturated rings. The quantitative estimate of drug-likeness (QED) is 0.757. The number of para-hydroxylation sites is 1. The van der Waals surface area contributed by atoms with Gasteiger partial charge in [-0.05, 0) is 62.1 Å². The number of nitrogens with one attached hydrogen (secondary N) is 2. The Bertz CT molecular complexity index is 763. The Balaban J connectivity index is 1.51. The van der Waals surface area contributed by atoms with E-state index in [1.54, 1.807) is 0 Å². The lowest BCUT2D eigenvalue weighted by Crippen LogP contribution is -2.15. The van der Waals surface area contributed by atoms with Gasteiger partial charge in [0.2, 0.25) is 11.8 Å². The van der Waals surface area contributed by atoms with Gasteiger partial charge in [0.15, 0.2) is 0 Å². The molecule has 0 aliphatic heterocycles. The molecule has 25 heavy (non-hydrogen) atoms. The summed E-state index contributed by atoms with van der Waals surface area (Å²) in [7, 11) is 0. The van der Waals surface area contributed by atoms with Gasteiger partial charge in [-0.25, -0.2) is 0 Å². The highest BCUT2D eigenvalue weighted by atomic mass is 32.2. The SMILES string of the molecule is Cc1cccc(C)c1NC(=O)CSc1ccc(NC(=O)C2CC2)cc1. The first kappa shape index (κ1) is 17.5. The summed E-state index contributed by atoms with van der Waals surface area (Å²) in [6.07, 6.45) is 1.99. The van der Waals surface area contributed by atoms with Crippen molar-refractivity contribution in [1.29, 1.82) is 0 Å². The number of carbonyl (C=O) groups is 2. The summed E-state index contributed by atoms with van der Waals surface area (Å²) >= 11 is 1.48. The molecule has 2 N–H and O–H groups in total. The molecule has 130 valence electrons. The number of benzene rings is 2. The molecule has 5 heteroatoms. The number of carbonyl (C=O) groups excluding carboxylic acids is 2. The highest BCUT2D eigenvalue weighted by molar-refractivity contribution is 8.00. The summed E-state index contributed by atoms with van der Waals surface area (Å²) in [6, 6.07) is 13.6. The van der Waals surface area contributed by atoms with E-state index in [4.69, 9.17) is 0 Å². The smallest absolute Gasteiger partial charge is 0.234 e. The van der Waals surface area contributed by atoms with E-state index in [1.165, 1.54) is 11.8 Å². The van der Waals surface area contributed by atoms with Crippen molar-refractivity contribution in [3.8, 4) is 0 Å². The van der Waals surface area contributed by atoms with Gasteiger partial charge in [-0.15, -0.1) is 11.8 Å². The van der Waals surface area contributed by atoms with Crippen LogP contribution in [0.5, 0.6) is 0 Å². The summed E-state index contributed by atoms with van der Waals surface area (Å²) in [5, 5.41) is 5.90. The highest BCUT2D eigenvalue weighted by Gasteiger charge is 2.29. The number of aryl methyl sites for hydroxylation is 2. The summed E-state index contributed by atoms with van der Waals surface area (Å²) in [4.78, 5) is 24.9. The molecule has 0 aromatic heterocycles. The van der Waals surface area contributed by atoms with Gasteiger partial charge in [0, 0.05) is 22.2 Å². The molecule has 2 amide bonds. The van der Waals surface area contributed by atoms with E-state index in [1.807, 2.05) is 56.3 Å². The fourth-order valence-corrected chi connectivity index (χ4v) is 3.26. The van der Waals surface area contributed by atoms with Crippen LogP contribution >= 0.6 is 11.8 Å². The largest absolute Gasteiger partial charge is 0.326 e. The third-order valence-corrected chi connectivity index (χ3v) is 5.20. The number of thioether (sulfide) groups is 1. The van der Waals surface area contributed by atoms with Crippen LogP contribution in [0.15, 0.2) is 47.4 Å². The lowest BCUT2D eigenvalue weighted by molar-refractivity contribution is -0.117. The number of amides is 2. The predicted molar refractivity (Wildman–Crippen MR) is 103 cm³/mol. The molecular weight excluding hydrogens is 332 g/mol. The van der Waals surface area contributed by atoms with Crippen molar-refractivity contribution < 1.29 is 9.59 Å². The molecule has 4 nitrogen and oxygen atoms in total. The molecule has 0 heterocycles. The van der Waals surface area contributed by atoms with Crippen LogP contribution in [0.4, 0.5) is 11.4 Å². The lowest BCUT2D eigenvalue weighted by Gasteiger charge is -2.11. The van der Waals surface area contributed by atoms with Crippen molar-refractivity contribution in [2.45, 2.75) is 31.6 Å². The van der Waals surface area contributed by atoms with Gasteiger partial charge < -0.3 is 10.6 Å². The van der Waals surface area contributed by atoms with Crippen LogP contribution < -0.4 is 10.6 Å². The van der Waals surface area contributed by atoms with E-state index in [0.717, 1.165) is 40.2 Å². The first-order valence-corrected chi connectivity index (χ1v) is 9.41. The molecule has 1 aliphatic carbocycles. The Hall–Kier alpha value is -2.27. The van der Waals surface area contributed by atoms with Crippen LogP contribution in [-0.4, -0.2) is 17.6 Å². The molecule has 0 saturated heterocycles. The topological polar surface area (TPSA) is 58.2 Å². The maximum absolute atomic E-state index is 12.2. The van der Waals surface area contributed by atoms with Gasteiger partial charge in [-0.3, -0.25) is 9.59 Å². The monoisotopic (exact) mass is 354 g/mol. The van der Waals surface area contributed by atoms with E-state index >= 15 is 0 Å². The number of anilines is 2. The Morgan fingerprint density at radius 2 is 1.64 bits per heavy atom. The second kappa shape index (κ2) is 7.74. The summed E-state index contributed by atoms with van der Waals surface area (Å²) in [6.45, 7) is 3.98. The first-order valence-electron chi connectivity index (χ1n) is 8.43. The normalized spacial score (nSPS) is 13.4. The molecule has 0 spiro atoms. The van der Waals surface area contributed by atoms with Crippen molar-refractivity contribution in [2.24, 2.45) is 5.92 Å². The zero-order chi connectivity index (χ0) is 17.8. The van der Waals surface area contributed by atoms with Crippen LogP contribution in [0.1, 0.15) is 24.0 Å². The van der Waals surface area contributed by atoms with Crippen molar-refractivity contribution in [1.82, 2.24) is 0 Å². The zero-order valence-electron chi connectivity index (χ0n) is 14.5. The van der Waals surface area contributed by atoms with Gasteiger partial charge >= 0.3 is 0 Å². The van der Waals surface area contributed by atoms with E-state index in [2.05, 4.69) is 10.6 Å². The average molecular weight is 354 g/mol. The highest BCUT2D eigenvalue weighted by Crippen LogP contribution is 2.30. The second-order valence-electron chi connectivity index (χ2n) is 6.39. The van der Waals surface area contributed by atoms with E-state index in [-0.39, 0.29) is 17.7 Å². The third kappa shape index (κ3) is 4.86. The molecule has 3 rings (SSSR count). The van der Waals surface area contributed by atoms with Gasteiger partial charge in [0.1, 0.15) is 0 Å². The van der Waals surface area contributed by atoms with Crippen LogP contribution in [0.2, 0.25) is 0 Å². The van der Waals surface area contributed by atoms with E-state index in [0.29, 0.717) is 5.75 Å². The molecule has 0 bridgehead atoms. The minimum atomic E-state index is -0.0199. The maximum Gasteiger partial charge on any atom is 0.234 e. The number of hydrogen-bond donors (Lipinski definition) is 2. The van der Waals surface area contributed by atoms with E-state index < -0.39 is 0 Å². The standard InChI is InChI=1S/C20H22N2O2S/c1-13-4-3-5-14(2)19(13)22-18(23)12-25-17-10-8-16(9-11-17)21-20(24)15-6-7-15/h3-5,8-11,15H,6-7,12H2,1-2H3,(H,21,24)(H,22,23). The fourth-order valence-electron chi connectivity index (χ4n) is 2.56. The molecule has 0 unspecified atom stereocenters. The predicted octanol–water partition coefficient (Wildman–Crippen LogP) is 4.38.